The van der Waals surface area contributed by atoms with Gasteiger partial charge in [0.15, 0.2) is 0 Å². The third-order valence-electron chi connectivity index (χ3n) is 3.17. The van der Waals surface area contributed by atoms with Gasteiger partial charge in [-0.05, 0) is 32.8 Å². The number of halogens is 2. The highest BCUT2D eigenvalue weighted by Crippen LogP contribution is 2.33. The number of ether oxygens (including phenoxy) is 1. The first kappa shape index (κ1) is 16.2. The molecule has 0 aromatic heterocycles. The van der Waals surface area contributed by atoms with E-state index in [0.717, 1.165) is 23.7 Å². The van der Waals surface area contributed by atoms with Gasteiger partial charge >= 0.3 is 0 Å². The fourth-order valence-electron chi connectivity index (χ4n) is 1.93. The molecule has 0 aliphatic heterocycles. The van der Waals surface area contributed by atoms with Gasteiger partial charge in [-0.25, -0.2) is 0 Å². The minimum absolute atomic E-state index is 0.112. The Morgan fingerprint density at radius 2 is 1.89 bits per heavy atom. The van der Waals surface area contributed by atoms with Gasteiger partial charge in [-0.3, -0.25) is 0 Å². The molecule has 0 fully saturated rings. The SMILES string of the molecule is Cc1cccc(C(CBr)(CBr)CCOC(C)C)c1. The third-order valence-corrected chi connectivity index (χ3v) is 5.32. The van der Waals surface area contributed by atoms with Crippen molar-refractivity contribution in [1.29, 1.82) is 0 Å². The molecule has 0 unspecified atom stereocenters. The molecule has 0 N–H and O–H groups in total. The van der Waals surface area contributed by atoms with Crippen molar-refractivity contribution in [3.63, 3.8) is 0 Å². The van der Waals surface area contributed by atoms with Crippen molar-refractivity contribution in [2.24, 2.45) is 0 Å². The number of rotatable bonds is 7. The summed E-state index contributed by atoms with van der Waals surface area (Å²) in [7, 11) is 0. The van der Waals surface area contributed by atoms with Crippen LogP contribution in [0.4, 0.5) is 0 Å². The molecule has 102 valence electrons. The monoisotopic (exact) mass is 376 g/mol. The van der Waals surface area contributed by atoms with Crippen LogP contribution in [0.25, 0.3) is 0 Å². The van der Waals surface area contributed by atoms with Crippen LogP contribution in [0.1, 0.15) is 31.4 Å². The maximum atomic E-state index is 5.71. The Hall–Kier alpha value is 0.140. The lowest BCUT2D eigenvalue weighted by molar-refractivity contribution is 0.0682. The molecule has 1 nitrogen and oxygen atoms in total. The fourth-order valence-corrected chi connectivity index (χ4v) is 4.07. The van der Waals surface area contributed by atoms with Crippen molar-refractivity contribution in [2.75, 3.05) is 17.3 Å². The normalized spacial score (nSPS) is 12.1. The van der Waals surface area contributed by atoms with Crippen LogP contribution in [0.5, 0.6) is 0 Å². The maximum absolute atomic E-state index is 5.71. The molecule has 0 heterocycles. The highest BCUT2D eigenvalue weighted by atomic mass is 79.9. The Morgan fingerprint density at radius 1 is 1.22 bits per heavy atom. The minimum atomic E-state index is 0.112. The summed E-state index contributed by atoms with van der Waals surface area (Å²) in [6.07, 6.45) is 1.32. The van der Waals surface area contributed by atoms with E-state index in [0.29, 0.717) is 6.10 Å². The molecule has 0 aliphatic carbocycles. The Bertz CT molecular complexity index is 359. The van der Waals surface area contributed by atoms with E-state index in [-0.39, 0.29) is 5.41 Å². The lowest BCUT2D eigenvalue weighted by Crippen LogP contribution is -2.32. The molecule has 0 spiro atoms. The maximum Gasteiger partial charge on any atom is 0.0518 e. The number of alkyl halides is 2. The zero-order chi connectivity index (χ0) is 13.6. The van der Waals surface area contributed by atoms with E-state index >= 15 is 0 Å². The molecule has 1 rings (SSSR count). The van der Waals surface area contributed by atoms with E-state index in [4.69, 9.17) is 4.74 Å². The van der Waals surface area contributed by atoms with Gasteiger partial charge in [-0.15, -0.1) is 0 Å². The smallest absolute Gasteiger partial charge is 0.0518 e. The first-order chi connectivity index (χ1) is 8.54. The fraction of sp³-hybridized carbons (Fsp3) is 0.600. The standard InChI is InChI=1S/C15H22Br2O/c1-12(2)18-8-7-15(10-16,11-17)14-6-4-5-13(3)9-14/h4-6,9,12H,7-8,10-11H2,1-3H3. The van der Waals surface area contributed by atoms with Crippen LogP contribution in [0, 0.1) is 6.92 Å². The van der Waals surface area contributed by atoms with Crippen molar-refractivity contribution < 1.29 is 4.74 Å². The lowest BCUT2D eigenvalue weighted by atomic mass is 9.81. The molecule has 18 heavy (non-hydrogen) atoms. The second-order valence-electron chi connectivity index (χ2n) is 5.09. The Morgan fingerprint density at radius 3 is 2.39 bits per heavy atom. The summed E-state index contributed by atoms with van der Waals surface area (Å²) in [6, 6.07) is 8.76. The Balaban J connectivity index is 2.85. The minimum Gasteiger partial charge on any atom is -0.379 e. The van der Waals surface area contributed by atoms with Gasteiger partial charge < -0.3 is 4.74 Å². The van der Waals surface area contributed by atoms with E-state index in [9.17, 15) is 0 Å². The summed E-state index contributed by atoms with van der Waals surface area (Å²) in [4.78, 5) is 0. The molecule has 0 aliphatic rings. The van der Waals surface area contributed by atoms with E-state index < -0.39 is 0 Å². The quantitative estimate of drug-likeness (QED) is 0.618. The predicted molar refractivity (Wildman–Crippen MR) is 86.2 cm³/mol. The van der Waals surface area contributed by atoms with Gasteiger partial charge in [-0.1, -0.05) is 61.7 Å². The zero-order valence-corrected chi connectivity index (χ0v) is 14.6. The molecule has 0 radical (unpaired) electrons. The second kappa shape index (κ2) is 7.66. The molecule has 1 aromatic rings. The number of hydrogen-bond donors (Lipinski definition) is 0. The van der Waals surface area contributed by atoms with E-state index in [1.807, 2.05) is 0 Å². The Kier molecular flexibility index (Phi) is 6.89. The van der Waals surface area contributed by atoms with Crippen LogP contribution in [0.3, 0.4) is 0 Å². The van der Waals surface area contributed by atoms with Crippen molar-refractivity contribution >= 4 is 31.9 Å². The lowest BCUT2D eigenvalue weighted by Gasteiger charge is -2.31. The van der Waals surface area contributed by atoms with Crippen LogP contribution in [-0.4, -0.2) is 23.4 Å². The predicted octanol–water partition coefficient (Wildman–Crippen LogP) is 4.84. The summed E-state index contributed by atoms with van der Waals surface area (Å²) in [5.41, 5.74) is 2.80. The second-order valence-corrected chi connectivity index (χ2v) is 6.21. The number of aryl methyl sites for hydroxylation is 1. The molecular weight excluding hydrogens is 356 g/mol. The van der Waals surface area contributed by atoms with Crippen LogP contribution in [-0.2, 0) is 10.2 Å². The largest absolute Gasteiger partial charge is 0.379 e. The summed E-state index contributed by atoms with van der Waals surface area (Å²) in [5, 5.41) is 1.88. The molecule has 0 saturated heterocycles. The van der Waals surface area contributed by atoms with Crippen LogP contribution < -0.4 is 0 Å². The molecule has 3 heteroatoms. The van der Waals surface area contributed by atoms with Crippen molar-refractivity contribution in [1.82, 2.24) is 0 Å². The summed E-state index contributed by atoms with van der Waals surface area (Å²) >= 11 is 7.35. The topological polar surface area (TPSA) is 9.23 Å². The number of hydrogen-bond acceptors (Lipinski definition) is 1. The highest BCUT2D eigenvalue weighted by molar-refractivity contribution is 9.09. The van der Waals surface area contributed by atoms with Crippen LogP contribution >= 0.6 is 31.9 Å². The Labute approximate surface area is 128 Å². The van der Waals surface area contributed by atoms with Gasteiger partial charge in [-0.2, -0.15) is 0 Å². The zero-order valence-electron chi connectivity index (χ0n) is 11.4. The van der Waals surface area contributed by atoms with E-state index in [1.54, 1.807) is 0 Å². The van der Waals surface area contributed by atoms with Gasteiger partial charge in [0.25, 0.3) is 0 Å². The van der Waals surface area contributed by atoms with Crippen molar-refractivity contribution in [3.05, 3.63) is 35.4 Å². The molecule has 0 saturated carbocycles. The average Bonchev–Trinajstić information content (AvgIpc) is 2.35. The summed E-state index contributed by atoms with van der Waals surface area (Å²) < 4.78 is 5.71. The van der Waals surface area contributed by atoms with Crippen LogP contribution in [0.2, 0.25) is 0 Å². The summed E-state index contributed by atoms with van der Waals surface area (Å²) in [5.74, 6) is 0. The first-order valence-electron chi connectivity index (χ1n) is 6.35. The van der Waals surface area contributed by atoms with Gasteiger partial charge in [0.05, 0.1) is 6.10 Å². The third kappa shape index (κ3) is 4.36. The van der Waals surface area contributed by atoms with Gasteiger partial charge in [0.2, 0.25) is 0 Å². The molecule has 0 bridgehead atoms. The molecular formula is C15H22Br2O. The highest BCUT2D eigenvalue weighted by Gasteiger charge is 2.30. The van der Waals surface area contributed by atoms with Crippen molar-refractivity contribution in [2.45, 2.75) is 38.7 Å². The molecule has 0 amide bonds. The van der Waals surface area contributed by atoms with E-state index in [1.165, 1.54) is 11.1 Å². The first-order valence-corrected chi connectivity index (χ1v) is 8.59. The van der Waals surface area contributed by atoms with Crippen molar-refractivity contribution in [3.8, 4) is 0 Å². The summed E-state index contributed by atoms with van der Waals surface area (Å²) in [6.45, 7) is 7.09. The molecule has 1 aromatic carbocycles. The van der Waals surface area contributed by atoms with Gasteiger partial charge in [0, 0.05) is 22.7 Å². The van der Waals surface area contributed by atoms with E-state index in [2.05, 4.69) is 76.9 Å². The van der Waals surface area contributed by atoms with Gasteiger partial charge in [0.1, 0.15) is 0 Å². The number of benzene rings is 1. The van der Waals surface area contributed by atoms with Crippen LogP contribution in [0.15, 0.2) is 24.3 Å². The molecule has 0 atom stereocenters. The average molecular weight is 378 g/mol.